The number of urea groups is 1. The van der Waals surface area contributed by atoms with Gasteiger partial charge in [-0.2, -0.15) is 0 Å². The van der Waals surface area contributed by atoms with Crippen LogP contribution in [0.2, 0.25) is 0 Å². The third kappa shape index (κ3) is 3.42. The van der Waals surface area contributed by atoms with Crippen molar-refractivity contribution in [1.29, 1.82) is 0 Å². The van der Waals surface area contributed by atoms with Crippen LogP contribution < -0.4 is 5.32 Å². The molecule has 2 N–H and O–H groups in total. The predicted molar refractivity (Wildman–Crippen MR) is 57.8 cm³/mol. The second-order valence-electron chi connectivity index (χ2n) is 4.13. The summed E-state index contributed by atoms with van der Waals surface area (Å²) in [5.74, 6) is -1.02. The van der Waals surface area contributed by atoms with Crippen LogP contribution in [0.25, 0.3) is 0 Å². The Labute approximate surface area is 90.5 Å². The van der Waals surface area contributed by atoms with Gasteiger partial charge in [-0.1, -0.05) is 6.92 Å². The molecule has 0 radical (unpaired) electrons. The summed E-state index contributed by atoms with van der Waals surface area (Å²) in [5, 5.41) is 11.5. The minimum atomic E-state index is -1.19. The molecular formula is C10H20N2O3. The average molecular weight is 216 g/mol. The Hall–Kier alpha value is -1.26. The molecule has 0 fully saturated rings. The van der Waals surface area contributed by atoms with Gasteiger partial charge >= 0.3 is 12.0 Å². The molecule has 1 unspecified atom stereocenters. The molecule has 5 heteroatoms. The maximum atomic E-state index is 11.6. The molecule has 0 rings (SSSR count). The lowest BCUT2D eigenvalue weighted by atomic mass is 10.00. The van der Waals surface area contributed by atoms with Crippen molar-refractivity contribution < 1.29 is 14.7 Å². The molecule has 0 saturated carbocycles. The van der Waals surface area contributed by atoms with Crippen LogP contribution in [-0.4, -0.2) is 40.6 Å². The number of rotatable bonds is 4. The van der Waals surface area contributed by atoms with Gasteiger partial charge in [0.2, 0.25) is 0 Å². The fraction of sp³-hybridized carbons (Fsp3) is 0.800. The van der Waals surface area contributed by atoms with Gasteiger partial charge in [-0.15, -0.1) is 0 Å². The van der Waals surface area contributed by atoms with Crippen LogP contribution >= 0.6 is 0 Å². The van der Waals surface area contributed by atoms with Gasteiger partial charge in [0.25, 0.3) is 0 Å². The Balaban J connectivity index is 4.57. The second-order valence-corrected chi connectivity index (χ2v) is 4.13. The zero-order valence-corrected chi connectivity index (χ0v) is 10.00. The van der Waals surface area contributed by atoms with Gasteiger partial charge in [-0.25, -0.2) is 9.59 Å². The van der Waals surface area contributed by atoms with Crippen molar-refractivity contribution in [2.24, 2.45) is 0 Å². The molecule has 0 bridgehead atoms. The Kier molecular flexibility index (Phi) is 4.58. The Bertz CT molecular complexity index is 253. The standard InChI is InChI=1S/C10H20N2O3/c1-6-10(4,8(13)14)11-9(15)12(5)7(2)3/h7H,6H2,1-5H3,(H,11,15)(H,13,14). The van der Waals surface area contributed by atoms with Crippen molar-refractivity contribution in [2.45, 2.75) is 45.7 Å². The number of nitrogens with zero attached hydrogens (tertiary/aromatic N) is 1. The van der Waals surface area contributed by atoms with Crippen molar-refractivity contribution in [2.75, 3.05) is 7.05 Å². The lowest BCUT2D eigenvalue weighted by Gasteiger charge is -2.29. The normalized spacial score (nSPS) is 14.5. The minimum Gasteiger partial charge on any atom is -0.480 e. The van der Waals surface area contributed by atoms with Gasteiger partial charge in [-0.05, 0) is 27.2 Å². The molecule has 5 nitrogen and oxygen atoms in total. The number of hydrogen-bond acceptors (Lipinski definition) is 2. The van der Waals surface area contributed by atoms with Crippen molar-refractivity contribution in [3.8, 4) is 0 Å². The lowest BCUT2D eigenvalue weighted by molar-refractivity contribution is -0.143. The van der Waals surface area contributed by atoms with E-state index in [1.54, 1.807) is 14.0 Å². The summed E-state index contributed by atoms with van der Waals surface area (Å²) in [5.41, 5.74) is -1.19. The minimum absolute atomic E-state index is 0.0416. The number of carbonyl (C=O) groups excluding carboxylic acids is 1. The van der Waals surface area contributed by atoms with E-state index in [0.717, 1.165) is 0 Å². The summed E-state index contributed by atoms with van der Waals surface area (Å²) in [6.45, 7) is 6.96. The highest BCUT2D eigenvalue weighted by atomic mass is 16.4. The lowest BCUT2D eigenvalue weighted by Crippen LogP contribution is -2.56. The van der Waals surface area contributed by atoms with Gasteiger partial charge in [0.15, 0.2) is 0 Å². The van der Waals surface area contributed by atoms with Crippen molar-refractivity contribution in [1.82, 2.24) is 10.2 Å². The first-order valence-corrected chi connectivity index (χ1v) is 5.03. The van der Waals surface area contributed by atoms with Crippen LogP contribution in [0.4, 0.5) is 4.79 Å². The third-order valence-corrected chi connectivity index (χ3v) is 2.66. The summed E-state index contributed by atoms with van der Waals surface area (Å²) >= 11 is 0. The smallest absolute Gasteiger partial charge is 0.329 e. The third-order valence-electron chi connectivity index (χ3n) is 2.66. The zero-order chi connectivity index (χ0) is 12.2. The van der Waals surface area contributed by atoms with Gasteiger partial charge in [0, 0.05) is 13.1 Å². The van der Waals surface area contributed by atoms with Gasteiger partial charge in [0.05, 0.1) is 0 Å². The molecule has 0 aliphatic rings. The van der Waals surface area contributed by atoms with Crippen LogP contribution in [0.1, 0.15) is 34.1 Å². The van der Waals surface area contributed by atoms with E-state index in [9.17, 15) is 9.59 Å². The fourth-order valence-corrected chi connectivity index (χ4v) is 0.852. The van der Waals surface area contributed by atoms with Crippen LogP contribution in [0, 0.1) is 0 Å². The molecule has 2 amide bonds. The zero-order valence-electron chi connectivity index (χ0n) is 10.00. The first kappa shape index (κ1) is 13.7. The van der Waals surface area contributed by atoms with Crippen LogP contribution in [-0.2, 0) is 4.79 Å². The van der Waals surface area contributed by atoms with E-state index in [1.165, 1.54) is 11.8 Å². The van der Waals surface area contributed by atoms with Crippen LogP contribution in [0.3, 0.4) is 0 Å². The van der Waals surface area contributed by atoms with Gasteiger partial charge in [0.1, 0.15) is 5.54 Å². The number of carboxylic acids is 1. The number of aliphatic carboxylic acids is 1. The molecule has 0 saturated heterocycles. The average Bonchev–Trinajstić information content (AvgIpc) is 2.15. The Morgan fingerprint density at radius 2 is 1.93 bits per heavy atom. The van der Waals surface area contributed by atoms with E-state index in [4.69, 9.17) is 5.11 Å². The highest BCUT2D eigenvalue weighted by Crippen LogP contribution is 2.10. The van der Waals surface area contributed by atoms with E-state index < -0.39 is 11.5 Å². The first-order valence-electron chi connectivity index (χ1n) is 5.03. The molecule has 0 spiro atoms. The summed E-state index contributed by atoms with van der Waals surface area (Å²) in [4.78, 5) is 24.0. The quantitative estimate of drug-likeness (QED) is 0.744. The molecule has 0 aromatic carbocycles. The molecular weight excluding hydrogens is 196 g/mol. The molecule has 88 valence electrons. The van der Waals surface area contributed by atoms with E-state index in [0.29, 0.717) is 6.42 Å². The monoisotopic (exact) mass is 216 g/mol. The van der Waals surface area contributed by atoms with Crippen molar-refractivity contribution in [3.63, 3.8) is 0 Å². The number of amides is 2. The molecule has 0 aromatic rings. The van der Waals surface area contributed by atoms with E-state index >= 15 is 0 Å². The summed E-state index contributed by atoms with van der Waals surface area (Å²) in [6, 6.07) is -0.323. The fourth-order valence-electron chi connectivity index (χ4n) is 0.852. The molecule has 1 atom stereocenters. The Morgan fingerprint density at radius 1 is 1.47 bits per heavy atom. The number of carbonyl (C=O) groups is 2. The number of carboxylic acid groups (broad SMARTS) is 1. The largest absolute Gasteiger partial charge is 0.480 e. The first-order chi connectivity index (χ1) is 6.74. The van der Waals surface area contributed by atoms with E-state index in [-0.39, 0.29) is 12.1 Å². The van der Waals surface area contributed by atoms with Gasteiger partial charge < -0.3 is 15.3 Å². The number of hydrogen-bond donors (Lipinski definition) is 2. The molecule has 0 heterocycles. The van der Waals surface area contributed by atoms with Crippen LogP contribution in [0.5, 0.6) is 0 Å². The molecule has 0 aliphatic carbocycles. The highest BCUT2D eigenvalue weighted by Gasteiger charge is 2.33. The summed E-state index contributed by atoms with van der Waals surface area (Å²) in [7, 11) is 1.64. The molecule has 0 aliphatic heterocycles. The van der Waals surface area contributed by atoms with Crippen molar-refractivity contribution in [3.05, 3.63) is 0 Å². The van der Waals surface area contributed by atoms with Crippen LogP contribution in [0.15, 0.2) is 0 Å². The van der Waals surface area contributed by atoms with Crippen molar-refractivity contribution >= 4 is 12.0 Å². The van der Waals surface area contributed by atoms with E-state index in [2.05, 4.69) is 5.32 Å². The molecule has 15 heavy (non-hydrogen) atoms. The summed E-state index contributed by atoms with van der Waals surface area (Å²) < 4.78 is 0. The number of nitrogens with one attached hydrogen (secondary N) is 1. The topological polar surface area (TPSA) is 69.6 Å². The SMILES string of the molecule is CCC(C)(NC(=O)N(C)C(C)C)C(=O)O. The Morgan fingerprint density at radius 3 is 2.20 bits per heavy atom. The summed E-state index contributed by atoms with van der Waals surface area (Å²) in [6.07, 6.45) is 0.347. The maximum Gasteiger partial charge on any atom is 0.329 e. The van der Waals surface area contributed by atoms with Gasteiger partial charge in [-0.3, -0.25) is 0 Å². The maximum absolute atomic E-state index is 11.6. The van der Waals surface area contributed by atoms with E-state index in [1.807, 2.05) is 13.8 Å². The second kappa shape index (κ2) is 5.00. The highest BCUT2D eigenvalue weighted by molar-refractivity contribution is 5.85. The predicted octanol–water partition coefficient (Wildman–Crippen LogP) is 1.29. The molecule has 0 aromatic heterocycles.